The van der Waals surface area contributed by atoms with Gasteiger partial charge in [-0.05, 0) is 49.4 Å². The van der Waals surface area contributed by atoms with E-state index < -0.39 is 0 Å². The van der Waals surface area contributed by atoms with Crippen LogP contribution in [0.4, 0.5) is 0 Å². The van der Waals surface area contributed by atoms with Gasteiger partial charge in [-0.25, -0.2) is 9.67 Å². The second-order valence-electron chi connectivity index (χ2n) is 6.57. The number of nitrogens with one attached hydrogen (secondary N) is 1. The summed E-state index contributed by atoms with van der Waals surface area (Å²) in [5.74, 6) is 0.774. The van der Waals surface area contributed by atoms with Gasteiger partial charge in [0.15, 0.2) is 5.82 Å². The maximum absolute atomic E-state index is 12.8. The average molecular weight is 311 g/mol. The van der Waals surface area contributed by atoms with Crippen LogP contribution in [-0.4, -0.2) is 51.8 Å². The Kier molecular flexibility index (Phi) is 3.61. The van der Waals surface area contributed by atoms with Crippen molar-refractivity contribution in [3.05, 3.63) is 42.4 Å². The SMILES string of the molecule is O=C(c1ccnc(-n2cccn2)c1)N1CCC2(CCNC2)CC1. The van der Waals surface area contributed by atoms with E-state index in [1.807, 2.05) is 23.2 Å². The maximum Gasteiger partial charge on any atom is 0.254 e. The quantitative estimate of drug-likeness (QED) is 0.912. The number of piperidine rings is 1. The van der Waals surface area contributed by atoms with Crippen LogP contribution in [0.2, 0.25) is 0 Å². The number of nitrogens with zero attached hydrogens (tertiary/aromatic N) is 4. The zero-order valence-corrected chi connectivity index (χ0v) is 13.1. The minimum atomic E-state index is 0.0987. The smallest absolute Gasteiger partial charge is 0.254 e. The van der Waals surface area contributed by atoms with Gasteiger partial charge in [-0.2, -0.15) is 5.10 Å². The number of rotatable bonds is 2. The van der Waals surface area contributed by atoms with Crippen LogP contribution in [0, 0.1) is 5.41 Å². The lowest BCUT2D eigenvalue weighted by Gasteiger charge is -2.38. The number of carbonyl (C=O) groups excluding carboxylic acids is 1. The molecule has 6 nitrogen and oxygen atoms in total. The van der Waals surface area contributed by atoms with Crippen molar-refractivity contribution in [1.29, 1.82) is 0 Å². The summed E-state index contributed by atoms with van der Waals surface area (Å²) in [4.78, 5) is 19.0. The Morgan fingerprint density at radius 1 is 1.22 bits per heavy atom. The first-order valence-electron chi connectivity index (χ1n) is 8.22. The number of aromatic nitrogens is 3. The van der Waals surface area contributed by atoms with Crippen LogP contribution >= 0.6 is 0 Å². The fourth-order valence-electron chi connectivity index (χ4n) is 3.67. The van der Waals surface area contributed by atoms with Crippen molar-refractivity contribution in [2.75, 3.05) is 26.2 Å². The minimum absolute atomic E-state index is 0.0987. The molecule has 0 aliphatic carbocycles. The van der Waals surface area contributed by atoms with Gasteiger partial charge in [0.2, 0.25) is 0 Å². The number of hydrogen-bond donors (Lipinski definition) is 1. The van der Waals surface area contributed by atoms with Gasteiger partial charge in [-0.1, -0.05) is 0 Å². The Hall–Kier alpha value is -2.21. The zero-order chi connectivity index (χ0) is 15.7. The Balaban J connectivity index is 1.48. The van der Waals surface area contributed by atoms with E-state index in [2.05, 4.69) is 15.4 Å². The topological polar surface area (TPSA) is 63.1 Å². The first-order chi connectivity index (χ1) is 11.3. The van der Waals surface area contributed by atoms with Crippen LogP contribution in [0.5, 0.6) is 0 Å². The molecular formula is C17H21N5O. The Labute approximate surface area is 135 Å². The number of likely N-dealkylation sites (tertiary alicyclic amines) is 1. The van der Waals surface area contributed by atoms with E-state index >= 15 is 0 Å². The van der Waals surface area contributed by atoms with Crippen molar-refractivity contribution >= 4 is 5.91 Å². The highest BCUT2D eigenvalue weighted by Crippen LogP contribution is 2.37. The summed E-state index contributed by atoms with van der Waals surface area (Å²) in [6, 6.07) is 5.45. The Morgan fingerprint density at radius 2 is 2.09 bits per heavy atom. The summed E-state index contributed by atoms with van der Waals surface area (Å²) in [7, 11) is 0. The van der Waals surface area contributed by atoms with Crippen LogP contribution in [-0.2, 0) is 0 Å². The van der Waals surface area contributed by atoms with E-state index in [1.54, 1.807) is 23.1 Å². The first kappa shape index (κ1) is 14.4. The van der Waals surface area contributed by atoms with Crippen molar-refractivity contribution in [2.24, 2.45) is 5.41 Å². The molecule has 1 N–H and O–H groups in total. The van der Waals surface area contributed by atoms with Gasteiger partial charge in [0, 0.05) is 43.8 Å². The maximum atomic E-state index is 12.8. The summed E-state index contributed by atoms with van der Waals surface area (Å²) in [6.07, 6.45) is 8.65. The summed E-state index contributed by atoms with van der Waals surface area (Å²) in [5, 5.41) is 7.63. The fraction of sp³-hybridized carbons (Fsp3) is 0.471. The van der Waals surface area contributed by atoms with Crippen LogP contribution in [0.15, 0.2) is 36.8 Å². The third-order valence-electron chi connectivity index (χ3n) is 5.18. The molecule has 2 fully saturated rings. The molecule has 1 amide bonds. The molecule has 120 valence electrons. The van der Waals surface area contributed by atoms with E-state index in [4.69, 9.17) is 0 Å². The molecule has 2 aromatic heterocycles. The van der Waals surface area contributed by atoms with Gasteiger partial charge in [-0.15, -0.1) is 0 Å². The highest BCUT2D eigenvalue weighted by Gasteiger charge is 2.38. The lowest BCUT2D eigenvalue weighted by molar-refractivity contribution is 0.0607. The van der Waals surface area contributed by atoms with Crippen molar-refractivity contribution in [3.8, 4) is 5.82 Å². The molecule has 4 heterocycles. The minimum Gasteiger partial charge on any atom is -0.339 e. The fourth-order valence-corrected chi connectivity index (χ4v) is 3.67. The molecule has 6 heteroatoms. The largest absolute Gasteiger partial charge is 0.339 e. The Bertz CT molecular complexity index is 681. The summed E-state index contributed by atoms with van der Waals surface area (Å²) in [6.45, 7) is 3.92. The lowest BCUT2D eigenvalue weighted by atomic mass is 9.78. The number of hydrogen-bond acceptors (Lipinski definition) is 4. The molecule has 0 atom stereocenters. The molecule has 0 saturated carbocycles. The molecule has 4 rings (SSSR count). The molecule has 1 spiro atoms. The highest BCUT2D eigenvalue weighted by atomic mass is 16.2. The average Bonchev–Trinajstić information content (AvgIpc) is 3.28. The number of carbonyl (C=O) groups is 1. The van der Waals surface area contributed by atoms with Crippen LogP contribution in [0.25, 0.3) is 5.82 Å². The van der Waals surface area contributed by atoms with Crippen LogP contribution < -0.4 is 5.32 Å². The van der Waals surface area contributed by atoms with Crippen LogP contribution in [0.3, 0.4) is 0 Å². The van der Waals surface area contributed by atoms with Crippen LogP contribution in [0.1, 0.15) is 29.6 Å². The first-order valence-corrected chi connectivity index (χ1v) is 8.22. The van der Waals surface area contributed by atoms with E-state index in [1.165, 1.54) is 6.42 Å². The molecule has 2 saturated heterocycles. The van der Waals surface area contributed by atoms with E-state index in [0.717, 1.165) is 39.0 Å². The predicted octanol–water partition coefficient (Wildman–Crippen LogP) is 1.48. The molecule has 23 heavy (non-hydrogen) atoms. The van der Waals surface area contributed by atoms with Crippen molar-refractivity contribution in [1.82, 2.24) is 25.0 Å². The molecule has 2 aliphatic heterocycles. The van der Waals surface area contributed by atoms with Gasteiger partial charge in [-0.3, -0.25) is 4.79 Å². The van der Waals surface area contributed by atoms with Crippen molar-refractivity contribution in [2.45, 2.75) is 19.3 Å². The van der Waals surface area contributed by atoms with Gasteiger partial charge < -0.3 is 10.2 Å². The third-order valence-corrected chi connectivity index (χ3v) is 5.18. The van der Waals surface area contributed by atoms with Gasteiger partial charge in [0.05, 0.1) is 0 Å². The molecule has 2 aromatic rings. The second kappa shape index (κ2) is 5.77. The number of pyridine rings is 1. The number of amides is 1. The summed E-state index contributed by atoms with van der Waals surface area (Å²) >= 11 is 0. The molecule has 0 bridgehead atoms. The molecular weight excluding hydrogens is 290 g/mol. The summed E-state index contributed by atoms with van der Waals surface area (Å²) < 4.78 is 1.67. The van der Waals surface area contributed by atoms with Crippen molar-refractivity contribution < 1.29 is 4.79 Å². The molecule has 2 aliphatic rings. The zero-order valence-electron chi connectivity index (χ0n) is 13.1. The monoisotopic (exact) mass is 311 g/mol. The molecule has 0 unspecified atom stereocenters. The Morgan fingerprint density at radius 3 is 2.78 bits per heavy atom. The van der Waals surface area contributed by atoms with Gasteiger partial charge in [0.25, 0.3) is 5.91 Å². The third kappa shape index (κ3) is 2.74. The van der Waals surface area contributed by atoms with Gasteiger partial charge >= 0.3 is 0 Å². The standard InChI is InChI=1S/C17H21N5O/c23-16(21-10-4-17(5-11-21)3-8-18-13-17)14-2-7-19-15(12-14)22-9-1-6-20-22/h1-2,6-7,9,12,18H,3-5,8,10-11,13H2. The van der Waals surface area contributed by atoms with Gasteiger partial charge in [0.1, 0.15) is 0 Å². The summed E-state index contributed by atoms with van der Waals surface area (Å²) in [5.41, 5.74) is 1.11. The van der Waals surface area contributed by atoms with E-state index in [9.17, 15) is 4.79 Å². The predicted molar refractivity (Wildman–Crippen MR) is 86.4 cm³/mol. The second-order valence-corrected chi connectivity index (χ2v) is 6.57. The lowest BCUT2D eigenvalue weighted by Crippen LogP contribution is -2.44. The van der Waals surface area contributed by atoms with E-state index in [-0.39, 0.29) is 5.91 Å². The normalized spacial score (nSPS) is 20.1. The highest BCUT2D eigenvalue weighted by molar-refractivity contribution is 5.94. The van der Waals surface area contributed by atoms with Crippen molar-refractivity contribution in [3.63, 3.8) is 0 Å². The van der Waals surface area contributed by atoms with E-state index in [0.29, 0.717) is 16.8 Å². The molecule has 0 aromatic carbocycles. The molecule has 0 radical (unpaired) electrons.